The number of ether oxygens (including phenoxy) is 1. The Hall–Kier alpha value is -3.25. The zero-order chi connectivity index (χ0) is 18.4. The maximum absolute atomic E-state index is 11.9. The number of nitro groups is 1. The van der Waals surface area contributed by atoms with E-state index in [1.807, 2.05) is 6.07 Å². The molecule has 0 radical (unpaired) electrons. The van der Waals surface area contributed by atoms with Gasteiger partial charge < -0.3 is 10.1 Å². The lowest BCUT2D eigenvalue weighted by molar-refractivity contribution is -0.385. The van der Waals surface area contributed by atoms with Gasteiger partial charge in [0.15, 0.2) is 6.61 Å². The van der Waals surface area contributed by atoms with Crippen molar-refractivity contribution in [2.75, 3.05) is 11.9 Å². The van der Waals surface area contributed by atoms with Crippen LogP contribution in [-0.2, 0) is 9.53 Å². The first kappa shape index (κ1) is 18.1. The second-order valence-corrected chi connectivity index (χ2v) is 5.59. The summed E-state index contributed by atoms with van der Waals surface area (Å²) in [5.74, 6) is -1.47. The van der Waals surface area contributed by atoms with E-state index in [4.69, 9.17) is 10.00 Å². The third-order valence-corrected chi connectivity index (χ3v) is 3.66. The normalized spacial score (nSPS) is 9.76. The van der Waals surface area contributed by atoms with E-state index in [1.165, 1.54) is 18.2 Å². The fraction of sp³-hybridized carbons (Fsp3) is 0.0625. The molecule has 0 bridgehead atoms. The number of benzene rings is 2. The van der Waals surface area contributed by atoms with Gasteiger partial charge in [0.1, 0.15) is 0 Å². The molecule has 0 spiro atoms. The van der Waals surface area contributed by atoms with Crippen LogP contribution in [0.5, 0.6) is 0 Å². The molecule has 8 nitrogen and oxygen atoms in total. The molecule has 1 N–H and O–H groups in total. The molecule has 2 aromatic carbocycles. The highest BCUT2D eigenvalue weighted by Gasteiger charge is 2.17. The molecule has 0 aliphatic rings. The predicted molar refractivity (Wildman–Crippen MR) is 90.9 cm³/mol. The van der Waals surface area contributed by atoms with Crippen molar-refractivity contribution >= 4 is 39.2 Å². The topological polar surface area (TPSA) is 122 Å². The lowest BCUT2D eigenvalue weighted by Gasteiger charge is -2.07. The molecule has 126 valence electrons. The van der Waals surface area contributed by atoms with Gasteiger partial charge in [0, 0.05) is 11.8 Å². The maximum Gasteiger partial charge on any atom is 0.338 e. The summed E-state index contributed by atoms with van der Waals surface area (Å²) in [6, 6.07) is 11.9. The van der Waals surface area contributed by atoms with Gasteiger partial charge in [-0.25, -0.2) is 4.79 Å². The van der Waals surface area contributed by atoms with Gasteiger partial charge in [0.2, 0.25) is 0 Å². The summed E-state index contributed by atoms with van der Waals surface area (Å²) < 4.78 is 5.07. The van der Waals surface area contributed by atoms with Gasteiger partial charge in [-0.15, -0.1) is 0 Å². The van der Waals surface area contributed by atoms with E-state index in [-0.39, 0.29) is 15.7 Å². The minimum absolute atomic E-state index is 0.0471. The van der Waals surface area contributed by atoms with Gasteiger partial charge in [-0.1, -0.05) is 6.07 Å². The summed E-state index contributed by atoms with van der Waals surface area (Å²) in [6.07, 6.45) is 0. The number of nitrogens with zero attached hydrogens (tertiary/aromatic N) is 2. The van der Waals surface area contributed by atoms with Crippen molar-refractivity contribution in [2.24, 2.45) is 0 Å². The summed E-state index contributed by atoms with van der Waals surface area (Å²) in [5, 5.41) is 22.1. The Morgan fingerprint density at radius 1 is 1.28 bits per heavy atom. The smallest absolute Gasteiger partial charge is 0.338 e. The van der Waals surface area contributed by atoms with Crippen LogP contribution in [0, 0.1) is 21.4 Å². The average Bonchev–Trinajstić information content (AvgIpc) is 2.60. The van der Waals surface area contributed by atoms with Crippen LogP contribution in [0.4, 0.5) is 11.4 Å². The summed E-state index contributed by atoms with van der Waals surface area (Å²) in [6.45, 7) is -0.570. The molecular weight excluding hydrogens is 394 g/mol. The molecule has 1 amide bonds. The number of carbonyl (C=O) groups excluding carboxylic acids is 2. The van der Waals surface area contributed by atoms with Crippen LogP contribution in [0.2, 0.25) is 0 Å². The maximum atomic E-state index is 11.9. The number of amides is 1. The van der Waals surface area contributed by atoms with Crippen molar-refractivity contribution in [1.29, 1.82) is 5.26 Å². The van der Waals surface area contributed by atoms with E-state index >= 15 is 0 Å². The van der Waals surface area contributed by atoms with Gasteiger partial charge in [-0.05, 0) is 46.3 Å². The number of hydrogen-bond acceptors (Lipinski definition) is 6. The lowest BCUT2D eigenvalue weighted by atomic mass is 10.2. The number of anilines is 1. The number of esters is 1. The van der Waals surface area contributed by atoms with E-state index in [9.17, 15) is 19.7 Å². The third kappa shape index (κ3) is 4.86. The van der Waals surface area contributed by atoms with Gasteiger partial charge in [-0.3, -0.25) is 14.9 Å². The molecule has 9 heteroatoms. The van der Waals surface area contributed by atoms with Crippen LogP contribution in [0.15, 0.2) is 46.9 Å². The Bertz CT molecular complexity index is 892. The third-order valence-electron chi connectivity index (χ3n) is 2.99. The van der Waals surface area contributed by atoms with Crippen LogP contribution in [0.1, 0.15) is 15.9 Å². The van der Waals surface area contributed by atoms with E-state index in [0.717, 1.165) is 6.07 Å². The van der Waals surface area contributed by atoms with Crippen molar-refractivity contribution in [3.63, 3.8) is 0 Å². The van der Waals surface area contributed by atoms with E-state index in [1.54, 1.807) is 18.2 Å². The van der Waals surface area contributed by atoms with Gasteiger partial charge >= 0.3 is 5.97 Å². The standard InChI is InChI=1S/C16H10BrN3O5/c17-13-5-4-11(7-14(13)20(23)24)16(22)25-9-15(21)19-12-3-1-2-10(6-12)8-18/h1-7H,9H2,(H,19,21). The minimum Gasteiger partial charge on any atom is -0.452 e. The Balaban J connectivity index is 1.97. The highest BCUT2D eigenvalue weighted by atomic mass is 79.9. The fourth-order valence-electron chi connectivity index (χ4n) is 1.86. The number of carbonyl (C=O) groups is 2. The van der Waals surface area contributed by atoms with Crippen LogP contribution in [0.3, 0.4) is 0 Å². The van der Waals surface area contributed by atoms with Crippen molar-refractivity contribution in [3.8, 4) is 6.07 Å². The SMILES string of the molecule is N#Cc1cccc(NC(=O)COC(=O)c2ccc(Br)c([N+](=O)[O-])c2)c1. The van der Waals surface area contributed by atoms with E-state index in [0.29, 0.717) is 11.3 Å². The molecule has 0 aliphatic carbocycles. The van der Waals surface area contributed by atoms with Crippen LogP contribution < -0.4 is 5.32 Å². The molecule has 0 aliphatic heterocycles. The Kier molecular flexibility index (Phi) is 5.81. The Morgan fingerprint density at radius 2 is 2.04 bits per heavy atom. The van der Waals surface area contributed by atoms with Gasteiger partial charge in [0.05, 0.1) is 26.6 Å². The number of nitro benzene ring substituents is 1. The molecule has 25 heavy (non-hydrogen) atoms. The number of nitriles is 1. The highest BCUT2D eigenvalue weighted by molar-refractivity contribution is 9.10. The highest BCUT2D eigenvalue weighted by Crippen LogP contribution is 2.25. The molecular formula is C16H10BrN3O5. The van der Waals surface area contributed by atoms with E-state index in [2.05, 4.69) is 21.2 Å². The zero-order valence-corrected chi connectivity index (χ0v) is 14.1. The van der Waals surface area contributed by atoms with Gasteiger partial charge in [0.25, 0.3) is 11.6 Å². The average molecular weight is 404 g/mol. The summed E-state index contributed by atoms with van der Waals surface area (Å²) in [4.78, 5) is 33.9. The van der Waals surface area contributed by atoms with Crippen molar-refractivity contribution in [3.05, 3.63) is 68.2 Å². The number of halogens is 1. The summed E-state index contributed by atoms with van der Waals surface area (Å²) >= 11 is 3.01. The molecule has 0 saturated carbocycles. The second kappa shape index (κ2) is 8.03. The quantitative estimate of drug-likeness (QED) is 0.464. The molecule has 0 unspecified atom stereocenters. The zero-order valence-electron chi connectivity index (χ0n) is 12.6. The van der Waals surface area contributed by atoms with Crippen LogP contribution >= 0.6 is 15.9 Å². The number of rotatable bonds is 5. The van der Waals surface area contributed by atoms with Crippen molar-refractivity contribution in [1.82, 2.24) is 0 Å². The van der Waals surface area contributed by atoms with E-state index < -0.39 is 23.4 Å². The Labute approximate surface area is 150 Å². The number of nitrogens with one attached hydrogen (secondary N) is 1. The first-order valence-electron chi connectivity index (χ1n) is 6.82. The van der Waals surface area contributed by atoms with Crippen LogP contribution in [-0.4, -0.2) is 23.4 Å². The summed E-state index contributed by atoms with van der Waals surface area (Å²) in [7, 11) is 0. The first-order chi connectivity index (χ1) is 11.9. The molecule has 2 aromatic rings. The van der Waals surface area contributed by atoms with Crippen LogP contribution in [0.25, 0.3) is 0 Å². The summed E-state index contributed by atoms with van der Waals surface area (Å²) in [5.41, 5.74) is 0.428. The lowest BCUT2D eigenvalue weighted by Crippen LogP contribution is -2.21. The van der Waals surface area contributed by atoms with Crippen molar-refractivity contribution in [2.45, 2.75) is 0 Å². The molecule has 0 heterocycles. The number of hydrogen-bond donors (Lipinski definition) is 1. The minimum atomic E-state index is -0.864. The monoisotopic (exact) mass is 403 g/mol. The Morgan fingerprint density at radius 3 is 2.72 bits per heavy atom. The van der Waals surface area contributed by atoms with Gasteiger partial charge in [-0.2, -0.15) is 5.26 Å². The first-order valence-corrected chi connectivity index (χ1v) is 7.61. The molecule has 0 atom stereocenters. The molecule has 0 aromatic heterocycles. The van der Waals surface area contributed by atoms with Crippen molar-refractivity contribution < 1.29 is 19.2 Å². The molecule has 2 rings (SSSR count). The largest absolute Gasteiger partial charge is 0.452 e. The molecule has 0 fully saturated rings. The second-order valence-electron chi connectivity index (χ2n) is 4.74. The molecule has 0 saturated heterocycles. The predicted octanol–water partition coefficient (Wildman–Crippen LogP) is 3.02. The fourth-order valence-corrected chi connectivity index (χ4v) is 2.25.